The molecular formula is C11H13NO3. The minimum absolute atomic E-state index is 0.146. The predicted molar refractivity (Wildman–Crippen MR) is 54.2 cm³/mol. The second kappa shape index (κ2) is 3.88. The number of carboxylic acid groups (broad SMARTS) is 1. The van der Waals surface area contributed by atoms with Crippen molar-refractivity contribution >= 4 is 5.97 Å². The molecule has 1 aromatic heterocycles. The van der Waals surface area contributed by atoms with Gasteiger partial charge in [0, 0.05) is 18.0 Å². The molecule has 0 amide bonds. The molecule has 1 fully saturated rings. The van der Waals surface area contributed by atoms with Crippen LogP contribution in [-0.4, -0.2) is 22.2 Å². The number of nitrogens with zero attached hydrogens (tertiary/aromatic N) is 1. The van der Waals surface area contributed by atoms with E-state index in [1.807, 2.05) is 6.92 Å². The van der Waals surface area contributed by atoms with Gasteiger partial charge in [-0.3, -0.25) is 4.98 Å². The van der Waals surface area contributed by atoms with Crippen molar-refractivity contribution in [3.05, 3.63) is 23.5 Å². The van der Waals surface area contributed by atoms with E-state index in [1.54, 1.807) is 6.07 Å². The van der Waals surface area contributed by atoms with E-state index in [2.05, 4.69) is 4.98 Å². The van der Waals surface area contributed by atoms with E-state index in [-0.39, 0.29) is 11.7 Å². The molecule has 1 aliphatic rings. The maximum absolute atomic E-state index is 10.9. The number of hydrogen-bond donors (Lipinski definition) is 1. The van der Waals surface area contributed by atoms with Crippen LogP contribution < -0.4 is 4.74 Å². The molecule has 4 heteroatoms. The highest BCUT2D eigenvalue weighted by atomic mass is 16.5. The van der Waals surface area contributed by atoms with Gasteiger partial charge >= 0.3 is 5.97 Å². The molecule has 0 atom stereocenters. The van der Waals surface area contributed by atoms with Crippen LogP contribution in [0.15, 0.2) is 12.3 Å². The Bertz CT molecular complexity index is 385. The molecule has 0 saturated heterocycles. The molecule has 0 aromatic carbocycles. The summed E-state index contributed by atoms with van der Waals surface area (Å²) in [6, 6.07) is 1.68. The van der Waals surface area contributed by atoms with E-state index in [1.165, 1.54) is 6.20 Å². The Kier molecular flexibility index (Phi) is 2.58. The first-order chi connectivity index (χ1) is 7.16. The fourth-order valence-corrected chi connectivity index (χ4v) is 1.46. The maximum atomic E-state index is 10.9. The molecule has 1 N–H and O–H groups in total. The summed E-state index contributed by atoms with van der Waals surface area (Å²) in [5.41, 5.74) is 0.918. The van der Waals surface area contributed by atoms with E-state index in [4.69, 9.17) is 9.84 Å². The van der Waals surface area contributed by atoms with Gasteiger partial charge in [-0.15, -0.1) is 0 Å². The molecule has 4 nitrogen and oxygen atoms in total. The van der Waals surface area contributed by atoms with Crippen LogP contribution in [0.2, 0.25) is 0 Å². The van der Waals surface area contributed by atoms with Gasteiger partial charge in [-0.1, -0.05) is 0 Å². The molecule has 1 aromatic rings. The lowest BCUT2D eigenvalue weighted by molar-refractivity contribution is 0.0679. The zero-order chi connectivity index (χ0) is 10.8. The van der Waals surface area contributed by atoms with Crippen LogP contribution in [0.3, 0.4) is 0 Å². The first-order valence-corrected chi connectivity index (χ1v) is 5.03. The van der Waals surface area contributed by atoms with Crippen molar-refractivity contribution in [1.82, 2.24) is 4.98 Å². The Hall–Kier alpha value is -1.58. The van der Waals surface area contributed by atoms with Crippen molar-refractivity contribution in [3.63, 3.8) is 0 Å². The second-order valence-electron chi connectivity index (χ2n) is 3.80. The number of carboxylic acids is 1. The van der Waals surface area contributed by atoms with Gasteiger partial charge in [-0.05, 0) is 26.2 Å². The number of aromatic carboxylic acids is 1. The monoisotopic (exact) mass is 207 g/mol. The van der Waals surface area contributed by atoms with E-state index in [0.29, 0.717) is 5.75 Å². The van der Waals surface area contributed by atoms with Gasteiger partial charge in [0.15, 0.2) is 0 Å². The Balaban J connectivity index is 2.24. The summed E-state index contributed by atoms with van der Waals surface area (Å²) in [6.07, 6.45) is 4.73. The fraction of sp³-hybridized carbons (Fsp3) is 0.455. The second-order valence-corrected chi connectivity index (χ2v) is 3.80. The van der Waals surface area contributed by atoms with Gasteiger partial charge in [0.2, 0.25) is 0 Å². The standard InChI is InChI=1S/C11H13NO3/c1-7-5-10(15-8-3-2-4-8)9(6-12-7)11(13)14/h5-6,8H,2-4H2,1H3,(H,13,14). The molecule has 2 rings (SSSR count). The number of ether oxygens (including phenoxy) is 1. The van der Waals surface area contributed by atoms with Crippen LogP contribution in [0.5, 0.6) is 5.75 Å². The lowest BCUT2D eigenvalue weighted by atomic mass is 9.96. The third-order valence-corrected chi connectivity index (χ3v) is 2.58. The lowest BCUT2D eigenvalue weighted by Gasteiger charge is -2.27. The maximum Gasteiger partial charge on any atom is 0.341 e. The number of pyridine rings is 1. The SMILES string of the molecule is Cc1cc(OC2CCC2)c(C(=O)O)cn1. The number of carbonyl (C=O) groups is 1. The fourth-order valence-electron chi connectivity index (χ4n) is 1.46. The van der Waals surface area contributed by atoms with Gasteiger partial charge in [-0.25, -0.2) is 4.79 Å². The summed E-state index contributed by atoms with van der Waals surface area (Å²) in [6.45, 7) is 1.82. The Morgan fingerprint density at radius 3 is 2.87 bits per heavy atom. The quantitative estimate of drug-likeness (QED) is 0.823. The van der Waals surface area contributed by atoms with Crippen molar-refractivity contribution in [2.75, 3.05) is 0 Å². The molecule has 15 heavy (non-hydrogen) atoms. The lowest BCUT2D eigenvalue weighted by Crippen LogP contribution is -2.25. The van der Waals surface area contributed by atoms with Crippen LogP contribution in [0, 0.1) is 6.92 Å². The van der Waals surface area contributed by atoms with E-state index >= 15 is 0 Å². The highest BCUT2D eigenvalue weighted by Crippen LogP contribution is 2.27. The average Bonchev–Trinajstić information content (AvgIpc) is 2.11. The van der Waals surface area contributed by atoms with Crippen LogP contribution in [0.4, 0.5) is 0 Å². The number of rotatable bonds is 3. The largest absolute Gasteiger partial charge is 0.489 e. The van der Waals surface area contributed by atoms with Crippen LogP contribution in [-0.2, 0) is 0 Å². The Morgan fingerprint density at radius 2 is 2.33 bits per heavy atom. The molecular weight excluding hydrogens is 194 g/mol. The van der Waals surface area contributed by atoms with Crippen molar-refractivity contribution < 1.29 is 14.6 Å². The number of aryl methyl sites for hydroxylation is 1. The van der Waals surface area contributed by atoms with Gasteiger partial charge in [-0.2, -0.15) is 0 Å². The zero-order valence-electron chi connectivity index (χ0n) is 8.56. The summed E-state index contributed by atoms with van der Waals surface area (Å²) in [5, 5.41) is 8.94. The minimum Gasteiger partial charge on any atom is -0.489 e. The van der Waals surface area contributed by atoms with E-state index in [0.717, 1.165) is 25.0 Å². The first kappa shape index (κ1) is 9.96. The van der Waals surface area contributed by atoms with E-state index in [9.17, 15) is 4.79 Å². The summed E-state index contributed by atoms with van der Waals surface area (Å²) >= 11 is 0. The van der Waals surface area contributed by atoms with Crippen LogP contribution in [0.1, 0.15) is 35.3 Å². The topological polar surface area (TPSA) is 59.4 Å². The summed E-state index contributed by atoms with van der Waals surface area (Å²) < 4.78 is 5.60. The number of aromatic nitrogens is 1. The molecule has 0 radical (unpaired) electrons. The van der Waals surface area contributed by atoms with Gasteiger partial charge in [0.25, 0.3) is 0 Å². The molecule has 1 saturated carbocycles. The van der Waals surface area contributed by atoms with Crippen LogP contribution in [0.25, 0.3) is 0 Å². The highest BCUT2D eigenvalue weighted by molar-refractivity contribution is 5.90. The minimum atomic E-state index is -0.989. The summed E-state index contributed by atoms with van der Waals surface area (Å²) in [5.74, 6) is -0.545. The smallest absolute Gasteiger partial charge is 0.341 e. The van der Waals surface area contributed by atoms with Crippen molar-refractivity contribution in [2.24, 2.45) is 0 Å². The normalized spacial score (nSPS) is 15.8. The predicted octanol–water partition coefficient (Wildman–Crippen LogP) is 2.02. The van der Waals surface area contributed by atoms with Gasteiger partial charge in [0.1, 0.15) is 11.3 Å². The molecule has 0 unspecified atom stereocenters. The third-order valence-electron chi connectivity index (χ3n) is 2.58. The molecule has 1 heterocycles. The Morgan fingerprint density at radius 1 is 1.60 bits per heavy atom. The number of hydrogen-bond acceptors (Lipinski definition) is 3. The van der Waals surface area contributed by atoms with Crippen molar-refractivity contribution in [2.45, 2.75) is 32.3 Å². The average molecular weight is 207 g/mol. The van der Waals surface area contributed by atoms with Crippen molar-refractivity contribution in [3.8, 4) is 5.75 Å². The molecule has 80 valence electrons. The van der Waals surface area contributed by atoms with Gasteiger partial charge < -0.3 is 9.84 Å². The highest BCUT2D eigenvalue weighted by Gasteiger charge is 2.22. The summed E-state index contributed by atoms with van der Waals surface area (Å²) in [4.78, 5) is 14.9. The Labute approximate surface area is 87.9 Å². The van der Waals surface area contributed by atoms with E-state index < -0.39 is 5.97 Å². The summed E-state index contributed by atoms with van der Waals surface area (Å²) in [7, 11) is 0. The zero-order valence-corrected chi connectivity index (χ0v) is 8.56. The first-order valence-electron chi connectivity index (χ1n) is 5.03. The molecule has 0 spiro atoms. The van der Waals surface area contributed by atoms with Crippen LogP contribution >= 0.6 is 0 Å². The van der Waals surface area contributed by atoms with Gasteiger partial charge in [0.05, 0.1) is 6.10 Å². The molecule has 0 bridgehead atoms. The molecule has 0 aliphatic heterocycles. The molecule has 1 aliphatic carbocycles. The van der Waals surface area contributed by atoms with Crippen molar-refractivity contribution in [1.29, 1.82) is 0 Å². The third kappa shape index (κ3) is 2.09.